The summed E-state index contributed by atoms with van der Waals surface area (Å²) in [5, 5.41) is 0. The Labute approximate surface area is 70.5 Å². The molecule has 0 amide bonds. The van der Waals surface area contributed by atoms with Gasteiger partial charge in [-0.15, -0.1) is 0 Å². The predicted molar refractivity (Wildman–Crippen MR) is 48.9 cm³/mol. The van der Waals surface area contributed by atoms with Gasteiger partial charge in [0.2, 0.25) is 0 Å². The molecule has 2 heteroatoms. The van der Waals surface area contributed by atoms with Gasteiger partial charge in [0.15, 0.2) is 0 Å². The zero-order valence-corrected chi connectivity index (χ0v) is 8.26. The monoisotopic (exact) mass is 159 g/mol. The van der Waals surface area contributed by atoms with Gasteiger partial charge in [0.05, 0.1) is 12.7 Å². The third-order valence-corrected chi connectivity index (χ3v) is 1.79. The number of ether oxygens (including phenoxy) is 1. The van der Waals surface area contributed by atoms with E-state index in [1.54, 1.807) is 0 Å². The highest BCUT2D eigenvalue weighted by atomic mass is 16.5. The quantitative estimate of drug-likeness (QED) is 0.534. The van der Waals surface area contributed by atoms with Crippen LogP contribution in [-0.2, 0) is 4.74 Å². The van der Waals surface area contributed by atoms with Crippen molar-refractivity contribution < 1.29 is 4.74 Å². The Hall–Kier alpha value is -0.0800. The molecule has 1 atom stereocenters. The van der Waals surface area contributed by atoms with Crippen LogP contribution >= 0.6 is 0 Å². The van der Waals surface area contributed by atoms with E-state index in [0.717, 1.165) is 13.2 Å². The fourth-order valence-corrected chi connectivity index (χ4v) is 1.01. The lowest BCUT2D eigenvalue weighted by Crippen LogP contribution is -2.20. The molecule has 1 rings (SSSR count). The van der Waals surface area contributed by atoms with Crippen molar-refractivity contribution in [2.24, 2.45) is 0 Å². The van der Waals surface area contributed by atoms with Crippen molar-refractivity contribution >= 4 is 0 Å². The maximum atomic E-state index is 5.43. The summed E-state index contributed by atoms with van der Waals surface area (Å²) < 4.78 is 5.43. The highest BCUT2D eigenvalue weighted by Gasteiger charge is 2.09. The predicted octanol–water partition coefficient (Wildman–Crippen LogP) is 1.75. The molecule has 1 unspecified atom stereocenters. The molecule has 0 aromatic heterocycles. The van der Waals surface area contributed by atoms with E-state index < -0.39 is 0 Å². The van der Waals surface area contributed by atoms with E-state index in [0.29, 0.717) is 6.10 Å². The maximum Gasteiger partial charge on any atom is 0.0596 e. The Bertz CT molecular complexity index is 75.6. The van der Waals surface area contributed by atoms with E-state index in [4.69, 9.17) is 4.74 Å². The van der Waals surface area contributed by atoms with Crippen LogP contribution in [-0.4, -0.2) is 37.7 Å². The fraction of sp³-hybridized carbons (Fsp3) is 1.00. The third kappa shape index (κ3) is 5.22. The van der Waals surface area contributed by atoms with Crippen molar-refractivity contribution in [2.45, 2.75) is 33.3 Å². The highest BCUT2D eigenvalue weighted by Crippen LogP contribution is 2.03. The first-order valence-electron chi connectivity index (χ1n) is 4.59. The molecule has 0 aliphatic carbocycles. The Morgan fingerprint density at radius 3 is 2.55 bits per heavy atom. The zero-order chi connectivity index (χ0) is 8.69. The number of nitrogens with zero attached hydrogens (tertiary/aromatic N) is 1. The van der Waals surface area contributed by atoms with Crippen LogP contribution in [0, 0.1) is 0 Å². The van der Waals surface area contributed by atoms with Crippen LogP contribution in [0.4, 0.5) is 0 Å². The van der Waals surface area contributed by atoms with Gasteiger partial charge >= 0.3 is 0 Å². The molecule has 0 radical (unpaired) electrons. The Morgan fingerprint density at radius 2 is 1.91 bits per heavy atom. The molecule has 1 saturated heterocycles. The molecule has 0 N–H and O–H groups in total. The first-order chi connectivity index (χ1) is 5.29. The van der Waals surface area contributed by atoms with E-state index in [9.17, 15) is 0 Å². The van der Waals surface area contributed by atoms with Gasteiger partial charge in [0.25, 0.3) is 0 Å². The summed E-state index contributed by atoms with van der Waals surface area (Å²) in [4.78, 5) is 2.31. The van der Waals surface area contributed by atoms with E-state index in [2.05, 4.69) is 18.9 Å². The van der Waals surface area contributed by atoms with Crippen LogP contribution in [0.3, 0.4) is 0 Å². The van der Waals surface area contributed by atoms with E-state index >= 15 is 0 Å². The maximum absolute atomic E-state index is 5.43. The molecule has 1 fully saturated rings. The SMILES string of the molecule is CC.CC1CCN(C)CCO1. The molecule has 68 valence electrons. The van der Waals surface area contributed by atoms with Crippen LogP contribution in [0.2, 0.25) is 0 Å². The van der Waals surface area contributed by atoms with Crippen molar-refractivity contribution in [3.05, 3.63) is 0 Å². The molecule has 0 bridgehead atoms. The highest BCUT2D eigenvalue weighted by molar-refractivity contribution is 4.60. The standard InChI is InChI=1S/C7H15NO.C2H6/c1-7-3-4-8(2)5-6-9-7;1-2/h7H,3-6H2,1-2H3;1-2H3. The summed E-state index contributed by atoms with van der Waals surface area (Å²) in [5.74, 6) is 0. The number of hydrogen-bond donors (Lipinski definition) is 0. The Kier molecular flexibility index (Phi) is 6.57. The summed E-state index contributed by atoms with van der Waals surface area (Å²) in [5.41, 5.74) is 0. The summed E-state index contributed by atoms with van der Waals surface area (Å²) in [6.07, 6.45) is 1.64. The van der Waals surface area contributed by atoms with E-state index in [1.165, 1.54) is 13.0 Å². The van der Waals surface area contributed by atoms with Gasteiger partial charge in [-0.05, 0) is 20.4 Å². The summed E-state index contributed by atoms with van der Waals surface area (Å²) >= 11 is 0. The second-order valence-corrected chi connectivity index (χ2v) is 2.77. The molecule has 1 heterocycles. The van der Waals surface area contributed by atoms with Crippen molar-refractivity contribution in [3.8, 4) is 0 Å². The topological polar surface area (TPSA) is 12.5 Å². The van der Waals surface area contributed by atoms with Crippen LogP contribution in [0.5, 0.6) is 0 Å². The van der Waals surface area contributed by atoms with Gasteiger partial charge in [-0.25, -0.2) is 0 Å². The molecule has 1 aliphatic heterocycles. The van der Waals surface area contributed by atoms with E-state index in [1.807, 2.05) is 13.8 Å². The van der Waals surface area contributed by atoms with Crippen LogP contribution in [0.25, 0.3) is 0 Å². The minimum atomic E-state index is 0.468. The normalized spacial score (nSPS) is 26.7. The molecular formula is C9H21NO. The smallest absolute Gasteiger partial charge is 0.0596 e. The van der Waals surface area contributed by atoms with Crippen molar-refractivity contribution in [2.75, 3.05) is 26.7 Å². The zero-order valence-electron chi connectivity index (χ0n) is 8.26. The van der Waals surface area contributed by atoms with Crippen molar-refractivity contribution in [1.29, 1.82) is 0 Å². The molecule has 2 nitrogen and oxygen atoms in total. The lowest BCUT2D eigenvalue weighted by atomic mass is 10.3. The first kappa shape index (κ1) is 10.9. The molecule has 0 saturated carbocycles. The fourth-order valence-electron chi connectivity index (χ4n) is 1.01. The number of rotatable bonds is 0. The molecule has 0 spiro atoms. The lowest BCUT2D eigenvalue weighted by Gasteiger charge is -2.09. The van der Waals surface area contributed by atoms with E-state index in [-0.39, 0.29) is 0 Å². The van der Waals surface area contributed by atoms with Gasteiger partial charge in [-0.3, -0.25) is 0 Å². The van der Waals surface area contributed by atoms with Crippen LogP contribution < -0.4 is 0 Å². The molecular weight excluding hydrogens is 138 g/mol. The van der Waals surface area contributed by atoms with Gasteiger partial charge in [-0.1, -0.05) is 13.8 Å². The molecule has 1 aliphatic rings. The summed E-state index contributed by atoms with van der Waals surface area (Å²) in [6.45, 7) is 9.31. The number of hydrogen-bond acceptors (Lipinski definition) is 2. The average Bonchev–Trinajstić information content (AvgIpc) is 2.20. The molecule has 0 aromatic rings. The summed E-state index contributed by atoms with van der Waals surface area (Å²) in [6, 6.07) is 0. The number of likely N-dealkylation sites (N-methyl/N-ethyl adjacent to an activating group) is 1. The Balaban J connectivity index is 0.000000461. The second-order valence-electron chi connectivity index (χ2n) is 2.77. The van der Waals surface area contributed by atoms with Gasteiger partial charge in [0.1, 0.15) is 0 Å². The van der Waals surface area contributed by atoms with Crippen LogP contribution in [0.15, 0.2) is 0 Å². The lowest BCUT2D eigenvalue weighted by molar-refractivity contribution is 0.0759. The van der Waals surface area contributed by atoms with Crippen molar-refractivity contribution in [3.63, 3.8) is 0 Å². The third-order valence-electron chi connectivity index (χ3n) is 1.79. The van der Waals surface area contributed by atoms with Gasteiger partial charge in [0, 0.05) is 13.1 Å². The first-order valence-corrected chi connectivity index (χ1v) is 4.59. The second kappa shape index (κ2) is 6.62. The van der Waals surface area contributed by atoms with Crippen molar-refractivity contribution in [1.82, 2.24) is 4.90 Å². The van der Waals surface area contributed by atoms with Gasteiger partial charge < -0.3 is 9.64 Å². The molecule has 11 heavy (non-hydrogen) atoms. The van der Waals surface area contributed by atoms with Crippen LogP contribution in [0.1, 0.15) is 27.2 Å². The Morgan fingerprint density at radius 1 is 1.27 bits per heavy atom. The minimum absolute atomic E-state index is 0.468. The average molecular weight is 159 g/mol. The minimum Gasteiger partial charge on any atom is -0.377 e. The largest absolute Gasteiger partial charge is 0.377 e. The summed E-state index contributed by atoms with van der Waals surface area (Å²) in [7, 11) is 2.14. The van der Waals surface area contributed by atoms with Gasteiger partial charge in [-0.2, -0.15) is 0 Å². The molecule has 0 aromatic carbocycles.